The molecule has 0 fully saturated rings. The molecule has 20 heavy (non-hydrogen) atoms. The lowest BCUT2D eigenvalue weighted by molar-refractivity contribution is 0.414. The van der Waals surface area contributed by atoms with E-state index in [4.69, 9.17) is 22.7 Å². The van der Waals surface area contributed by atoms with Crippen molar-refractivity contribution in [2.75, 3.05) is 18.6 Å². The molecule has 3 nitrogen and oxygen atoms in total. The zero-order chi connectivity index (χ0) is 14.1. The van der Waals surface area contributed by atoms with Crippen molar-refractivity contribution in [3.8, 4) is 5.75 Å². The number of fused-ring (bicyclic) bond motifs is 1. The quantitative estimate of drug-likeness (QED) is 0.885. The van der Waals surface area contributed by atoms with Gasteiger partial charge in [-0.25, -0.2) is 0 Å². The molecule has 0 unspecified atom stereocenters. The summed E-state index contributed by atoms with van der Waals surface area (Å²) in [6, 6.07) is 8.07. The number of nitrogens with two attached hydrogens (primary N) is 1. The first-order chi connectivity index (χ1) is 9.69. The Morgan fingerprint density at radius 3 is 3.00 bits per heavy atom. The third-order valence-corrected chi connectivity index (χ3v) is 4.86. The molecule has 1 aliphatic heterocycles. The topological polar surface area (TPSA) is 38.5 Å². The van der Waals surface area contributed by atoms with E-state index in [-0.39, 0.29) is 0 Å². The molecular formula is C15H16N2OS2. The van der Waals surface area contributed by atoms with E-state index in [9.17, 15) is 0 Å². The van der Waals surface area contributed by atoms with Crippen molar-refractivity contribution in [2.24, 2.45) is 5.73 Å². The fraction of sp³-hybridized carbons (Fsp3) is 0.267. The summed E-state index contributed by atoms with van der Waals surface area (Å²) in [6.45, 7) is 1.89. The van der Waals surface area contributed by atoms with Crippen LogP contribution in [0.25, 0.3) is 0 Å². The molecule has 0 aliphatic carbocycles. The van der Waals surface area contributed by atoms with E-state index in [1.807, 2.05) is 29.5 Å². The van der Waals surface area contributed by atoms with Crippen LogP contribution < -0.4 is 15.4 Å². The minimum absolute atomic E-state index is 0.429. The zero-order valence-electron chi connectivity index (χ0n) is 11.3. The van der Waals surface area contributed by atoms with Crippen molar-refractivity contribution in [3.05, 3.63) is 45.6 Å². The second-order valence-electron chi connectivity index (χ2n) is 4.79. The number of hydrogen-bond acceptors (Lipinski definition) is 4. The van der Waals surface area contributed by atoms with Gasteiger partial charge < -0.3 is 15.4 Å². The second-order valence-corrected chi connectivity index (χ2v) is 6.23. The molecule has 0 amide bonds. The summed E-state index contributed by atoms with van der Waals surface area (Å²) >= 11 is 7.01. The molecular weight excluding hydrogens is 288 g/mol. The number of thiocarbonyl (C=S) groups is 1. The first-order valence-electron chi connectivity index (χ1n) is 6.47. The van der Waals surface area contributed by atoms with Crippen LogP contribution in [0.15, 0.2) is 29.6 Å². The van der Waals surface area contributed by atoms with E-state index in [1.54, 1.807) is 7.11 Å². The first kappa shape index (κ1) is 13.4. The summed E-state index contributed by atoms with van der Waals surface area (Å²) in [5.41, 5.74) is 9.23. The van der Waals surface area contributed by atoms with Crippen molar-refractivity contribution in [2.45, 2.75) is 13.0 Å². The van der Waals surface area contributed by atoms with Crippen LogP contribution in [0.4, 0.5) is 5.69 Å². The maximum atomic E-state index is 5.85. The van der Waals surface area contributed by atoms with Crippen LogP contribution in [-0.2, 0) is 13.0 Å². The fourth-order valence-corrected chi connectivity index (χ4v) is 3.62. The number of nitrogens with zero attached hydrogens (tertiary/aromatic N) is 1. The lowest BCUT2D eigenvalue weighted by Gasteiger charge is -2.30. The Morgan fingerprint density at radius 1 is 1.40 bits per heavy atom. The molecule has 0 saturated carbocycles. The maximum absolute atomic E-state index is 5.85. The Labute approximate surface area is 128 Å². The average Bonchev–Trinajstić information content (AvgIpc) is 2.93. The lowest BCUT2D eigenvalue weighted by atomic mass is 10.1. The zero-order valence-corrected chi connectivity index (χ0v) is 12.9. The Bertz CT molecular complexity index is 651. The highest BCUT2D eigenvalue weighted by molar-refractivity contribution is 7.80. The molecule has 0 bridgehead atoms. The van der Waals surface area contributed by atoms with E-state index < -0.39 is 0 Å². The number of hydrogen-bond donors (Lipinski definition) is 1. The minimum atomic E-state index is 0.429. The molecule has 104 valence electrons. The summed E-state index contributed by atoms with van der Waals surface area (Å²) in [7, 11) is 1.67. The molecule has 0 atom stereocenters. The highest BCUT2D eigenvalue weighted by Gasteiger charge is 2.20. The highest BCUT2D eigenvalue weighted by Crippen LogP contribution is 2.32. The second kappa shape index (κ2) is 5.42. The highest BCUT2D eigenvalue weighted by atomic mass is 32.1. The van der Waals surface area contributed by atoms with Crippen molar-refractivity contribution in [1.82, 2.24) is 0 Å². The van der Waals surface area contributed by atoms with Gasteiger partial charge in [-0.05, 0) is 35.6 Å². The molecule has 2 heterocycles. The molecule has 1 aliphatic rings. The molecule has 2 aromatic rings. The SMILES string of the molecule is COc1ccc(C(N)=S)c(N2CCc3sccc3C2)c1. The van der Waals surface area contributed by atoms with Gasteiger partial charge in [0, 0.05) is 29.6 Å². The summed E-state index contributed by atoms with van der Waals surface area (Å²) < 4.78 is 5.33. The van der Waals surface area contributed by atoms with Gasteiger partial charge in [0.2, 0.25) is 0 Å². The van der Waals surface area contributed by atoms with Gasteiger partial charge in [-0.2, -0.15) is 0 Å². The van der Waals surface area contributed by atoms with E-state index in [1.165, 1.54) is 10.4 Å². The predicted octanol–water partition coefficient (Wildman–Crippen LogP) is 2.95. The minimum Gasteiger partial charge on any atom is -0.497 e. The molecule has 3 rings (SSSR count). The van der Waals surface area contributed by atoms with Gasteiger partial charge in [-0.1, -0.05) is 12.2 Å². The summed E-state index contributed by atoms with van der Waals surface area (Å²) in [4.78, 5) is 4.24. The fourth-order valence-electron chi connectivity index (χ4n) is 2.56. The largest absolute Gasteiger partial charge is 0.497 e. The number of rotatable bonds is 3. The van der Waals surface area contributed by atoms with Crippen LogP contribution in [0.3, 0.4) is 0 Å². The van der Waals surface area contributed by atoms with Crippen LogP contribution in [-0.4, -0.2) is 18.6 Å². The smallest absolute Gasteiger partial charge is 0.120 e. The van der Waals surface area contributed by atoms with Crippen LogP contribution in [0.2, 0.25) is 0 Å². The number of methoxy groups -OCH3 is 1. The molecule has 1 aromatic heterocycles. The Hall–Kier alpha value is -1.59. The lowest BCUT2D eigenvalue weighted by Crippen LogP contribution is -2.31. The van der Waals surface area contributed by atoms with Crippen LogP contribution in [0.1, 0.15) is 16.0 Å². The van der Waals surface area contributed by atoms with Crippen molar-refractivity contribution >= 4 is 34.2 Å². The first-order valence-corrected chi connectivity index (χ1v) is 7.76. The number of thiophene rings is 1. The van der Waals surface area contributed by atoms with E-state index >= 15 is 0 Å². The van der Waals surface area contributed by atoms with Gasteiger partial charge in [0.25, 0.3) is 0 Å². The Balaban J connectivity index is 1.99. The monoisotopic (exact) mass is 304 g/mol. The Morgan fingerprint density at radius 2 is 2.25 bits per heavy atom. The molecule has 2 N–H and O–H groups in total. The Kier molecular flexibility index (Phi) is 3.63. The molecule has 0 saturated heterocycles. The third kappa shape index (κ3) is 2.39. The van der Waals surface area contributed by atoms with Crippen LogP contribution in [0, 0.1) is 0 Å². The van der Waals surface area contributed by atoms with E-state index in [0.29, 0.717) is 4.99 Å². The number of benzene rings is 1. The normalized spacial score (nSPS) is 13.9. The molecule has 0 radical (unpaired) electrons. The standard InChI is InChI=1S/C15H16N2OS2/c1-18-11-2-3-12(15(16)19)13(8-11)17-6-4-14-10(9-17)5-7-20-14/h2-3,5,7-8H,4,6,9H2,1H3,(H2,16,19). The van der Waals surface area contributed by atoms with E-state index in [0.717, 1.165) is 36.5 Å². The van der Waals surface area contributed by atoms with Gasteiger partial charge in [0.05, 0.1) is 12.8 Å². The van der Waals surface area contributed by atoms with Crippen molar-refractivity contribution in [1.29, 1.82) is 0 Å². The van der Waals surface area contributed by atoms with Crippen LogP contribution >= 0.6 is 23.6 Å². The third-order valence-electron chi connectivity index (χ3n) is 3.62. The van der Waals surface area contributed by atoms with Crippen molar-refractivity contribution in [3.63, 3.8) is 0 Å². The van der Waals surface area contributed by atoms with Crippen molar-refractivity contribution < 1.29 is 4.74 Å². The molecule has 5 heteroatoms. The summed E-state index contributed by atoms with van der Waals surface area (Å²) in [5, 5.41) is 2.16. The predicted molar refractivity (Wildman–Crippen MR) is 88.0 cm³/mol. The summed E-state index contributed by atoms with van der Waals surface area (Å²) in [5.74, 6) is 0.830. The average molecular weight is 304 g/mol. The number of ether oxygens (including phenoxy) is 1. The van der Waals surface area contributed by atoms with Gasteiger partial charge in [0.15, 0.2) is 0 Å². The van der Waals surface area contributed by atoms with Gasteiger partial charge in [-0.3, -0.25) is 0 Å². The maximum Gasteiger partial charge on any atom is 0.120 e. The number of anilines is 1. The van der Waals surface area contributed by atoms with E-state index in [2.05, 4.69) is 16.3 Å². The van der Waals surface area contributed by atoms with Gasteiger partial charge in [-0.15, -0.1) is 11.3 Å². The molecule has 1 aromatic carbocycles. The van der Waals surface area contributed by atoms with Gasteiger partial charge >= 0.3 is 0 Å². The molecule has 0 spiro atoms. The van der Waals surface area contributed by atoms with Crippen LogP contribution in [0.5, 0.6) is 5.75 Å². The van der Waals surface area contributed by atoms with Gasteiger partial charge in [0.1, 0.15) is 10.7 Å². The summed E-state index contributed by atoms with van der Waals surface area (Å²) in [6.07, 6.45) is 1.07.